The molecule has 0 saturated carbocycles. The summed E-state index contributed by atoms with van der Waals surface area (Å²) in [6.07, 6.45) is 4.07. The van der Waals surface area contributed by atoms with Gasteiger partial charge in [-0.3, -0.25) is 5.32 Å². The first kappa shape index (κ1) is 20.2. The number of methoxy groups -OCH3 is 1. The highest BCUT2D eigenvalue weighted by atomic mass is 16.5. The Bertz CT molecular complexity index is 771. The Hall–Kier alpha value is -2.58. The first-order valence-corrected chi connectivity index (χ1v) is 9.75. The molecule has 1 saturated heterocycles. The van der Waals surface area contributed by atoms with Gasteiger partial charge in [0, 0.05) is 25.7 Å². The Morgan fingerprint density at radius 3 is 2.75 bits per heavy atom. The molecule has 0 aliphatic carbocycles. The van der Waals surface area contributed by atoms with Crippen molar-refractivity contribution in [2.75, 3.05) is 37.4 Å². The number of benzene rings is 1. The molecule has 1 unspecified atom stereocenters. The summed E-state index contributed by atoms with van der Waals surface area (Å²) in [4.78, 5) is 14.7. The van der Waals surface area contributed by atoms with Gasteiger partial charge in [0.25, 0.3) is 0 Å². The minimum atomic E-state index is -0.338. The highest BCUT2D eigenvalue weighted by molar-refractivity contribution is 6.00. The first-order chi connectivity index (χ1) is 13.6. The van der Waals surface area contributed by atoms with Crippen molar-refractivity contribution in [3.63, 3.8) is 0 Å². The van der Waals surface area contributed by atoms with Gasteiger partial charge in [-0.25, -0.2) is 9.48 Å². The summed E-state index contributed by atoms with van der Waals surface area (Å²) in [5, 5.41) is 20.0. The van der Waals surface area contributed by atoms with Crippen LogP contribution in [0.1, 0.15) is 32.2 Å². The number of urea groups is 1. The topological polar surface area (TPSA) is 91.7 Å². The smallest absolute Gasteiger partial charge is 0.324 e. The number of nitrogens with one attached hydrogen (secondary N) is 2. The molecule has 3 rings (SSSR count). The summed E-state index contributed by atoms with van der Waals surface area (Å²) in [5.74, 6) is 1.27. The van der Waals surface area contributed by atoms with Gasteiger partial charge >= 0.3 is 6.03 Å². The van der Waals surface area contributed by atoms with Crippen molar-refractivity contribution in [3.05, 3.63) is 36.5 Å². The van der Waals surface area contributed by atoms with E-state index in [-0.39, 0.29) is 18.2 Å². The molecule has 2 aromatic rings. The van der Waals surface area contributed by atoms with Gasteiger partial charge in [0.2, 0.25) is 0 Å². The van der Waals surface area contributed by atoms with Crippen molar-refractivity contribution >= 4 is 17.5 Å². The van der Waals surface area contributed by atoms with E-state index >= 15 is 0 Å². The molecule has 152 valence electrons. The van der Waals surface area contributed by atoms with Crippen LogP contribution in [0.15, 0.2) is 36.5 Å². The number of aliphatic hydroxyl groups excluding tert-OH is 1. The van der Waals surface area contributed by atoms with Crippen LogP contribution in [0.3, 0.4) is 0 Å². The molecule has 0 radical (unpaired) electrons. The van der Waals surface area contributed by atoms with Crippen molar-refractivity contribution < 1.29 is 14.6 Å². The molecule has 3 N–H and O–H groups in total. The van der Waals surface area contributed by atoms with E-state index in [0.29, 0.717) is 17.3 Å². The molecule has 1 fully saturated rings. The number of hydrogen-bond donors (Lipinski definition) is 3. The fourth-order valence-corrected chi connectivity index (χ4v) is 3.50. The van der Waals surface area contributed by atoms with Gasteiger partial charge in [-0.2, -0.15) is 5.10 Å². The summed E-state index contributed by atoms with van der Waals surface area (Å²) >= 11 is 0. The minimum Gasteiger partial charge on any atom is -0.495 e. The van der Waals surface area contributed by atoms with Crippen LogP contribution >= 0.6 is 0 Å². The van der Waals surface area contributed by atoms with E-state index in [2.05, 4.69) is 20.6 Å². The number of β-amino-alcohol motifs (C(OH)–C–C–N with tert-alkyl or cyclic N) is 1. The van der Waals surface area contributed by atoms with Crippen molar-refractivity contribution in [1.29, 1.82) is 0 Å². The number of rotatable bonds is 7. The van der Waals surface area contributed by atoms with Gasteiger partial charge in [0.15, 0.2) is 0 Å². The number of amides is 2. The lowest BCUT2D eigenvalue weighted by atomic mass is 10.0. The van der Waals surface area contributed by atoms with Gasteiger partial charge in [-0.15, -0.1) is 0 Å². The Kier molecular flexibility index (Phi) is 6.89. The molecule has 1 aliphatic heterocycles. The molecule has 0 spiro atoms. The number of anilines is 2. The van der Waals surface area contributed by atoms with E-state index in [1.54, 1.807) is 31.5 Å². The predicted octanol–water partition coefficient (Wildman–Crippen LogP) is 2.94. The normalized spacial score (nSPS) is 16.5. The Labute approximate surface area is 165 Å². The van der Waals surface area contributed by atoms with Gasteiger partial charge in [0.1, 0.15) is 11.6 Å². The molecule has 1 aromatic carbocycles. The second-order valence-corrected chi connectivity index (χ2v) is 7.03. The van der Waals surface area contributed by atoms with E-state index < -0.39 is 0 Å². The van der Waals surface area contributed by atoms with Gasteiger partial charge < -0.3 is 20.1 Å². The van der Waals surface area contributed by atoms with Crippen molar-refractivity contribution in [1.82, 2.24) is 14.7 Å². The third-order valence-electron chi connectivity index (χ3n) is 5.11. The number of aliphatic hydroxyl groups is 1. The van der Waals surface area contributed by atoms with Crippen LogP contribution in [-0.4, -0.2) is 58.7 Å². The molecular formula is C20H29N5O3. The molecule has 2 amide bonds. The van der Waals surface area contributed by atoms with Crippen LogP contribution in [-0.2, 0) is 0 Å². The Morgan fingerprint density at radius 2 is 2.04 bits per heavy atom. The predicted molar refractivity (Wildman–Crippen MR) is 109 cm³/mol. The number of aromatic nitrogens is 2. The fraction of sp³-hybridized carbons (Fsp3) is 0.500. The standard InChI is InChI=1S/C20H29N5O3/c1-3-16(26)14-24-12-9-15(10-13-24)25-19(8-11-21-25)23-20(27)22-17-6-4-5-7-18(17)28-2/h4-8,11,15-16,26H,3,9-10,12-14H2,1-2H3,(H2,22,23,27). The maximum Gasteiger partial charge on any atom is 0.324 e. The number of carbonyl (C=O) groups excluding carboxylic acids is 1. The molecule has 2 heterocycles. The van der Waals surface area contributed by atoms with Crippen molar-refractivity contribution in [2.45, 2.75) is 38.3 Å². The van der Waals surface area contributed by atoms with Crippen LogP contribution in [0.4, 0.5) is 16.3 Å². The molecule has 8 heteroatoms. The summed E-state index contributed by atoms with van der Waals surface area (Å²) in [6.45, 7) is 4.53. The monoisotopic (exact) mass is 387 g/mol. The summed E-state index contributed by atoms with van der Waals surface area (Å²) < 4.78 is 7.15. The van der Waals surface area contributed by atoms with Crippen LogP contribution in [0, 0.1) is 0 Å². The molecule has 0 bridgehead atoms. The second-order valence-electron chi connectivity index (χ2n) is 7.03. The second kappa shape index (κ2) is 9.57. The van der Waals surface area contributed by atoms with Gasteiger partial charge in [-0.1, -0.05) is 19.1 Å². The van der Waals surface area contributed by atoms with Crippen LogP contribution in [0.2, 0.25) is 0 Å². The molecule has 1 atom stereocenters. The molecule has 8 nitrogen and oxygen atoms in total. The third-order valence-corrected chi connectivity index (χ3v) is 5.11. The molecule has 1 aromatic heterocycles. The zero-order valence-electron chi connectivity index (χ0n) is 16.5. The number of likely N-dealkylation sites (tertiary alicyclic amines) is 1. The maximum absolute atomic E-state index is 12.4. The number of carbonyl (C=O) groups is 1. The SMILES string of the molecule is CCC(O)CN1CCC(n2nccc2NC(=O)Nc2ccccc2OC)CC1. The highest BCUT2D eigenvalue weighted by Gasteiger charge is 2.24. The van der Waals surface area contributed by atoms with Crippen LogP contribution < -0.4 is 15.4 Å². The molecule has 28 heavy (non-hydrogen) atoms. The third kappa shape index (κ3) is 5.02. The van der Waals surface area contributed by atoms with E-state index in [0.717, 1.165) is 38.9 Å². The molecular weight excluding hydrogens is 358 g/mol. The fourth-order valence-electron chi connectivity index (χ4n) is 3.50. The minimum absolute atomic E-state index is 0.228. The van der Waals surface area contributed by atoms with Gasteiger partial charge in [0.05, 0.1) is 31.1 Å². The van der Waals surface area contributed by atoms with Crippen LogP contribution in [0.25, 0.3) is 0 Å². The van der Waals surface area contributed by atoms with Crippen molar-refractivity contribution in [3.8, 4) is 5.75 Å². The van der Waals surface area contributed by atoms with E-state index in [1.165, 1.54) is 0 Å². The lowest BCUT2D eigenvalue weighted by Gasteiger charge is -2.33. The largest absolute Gasteiger partial charge is 0.495 e. The highest BCUT2D eigenvalue weighted by Crippen LogP contribution is 2.26. The number of hydrogen-bond acceptors (Lipinski definition) is 5. The number of ether oxygens (including phenoxy) is 1. The van der Waals surface area contributed by atoms with Crippen LogP contribution in [0.5, 0.6) is 5.75 Å². The zero-order valence-corrected chi connectivity index (χ0v) is 16.5. The Balaban J connectivity index is 1.58. The first-order valence-electron chi connectivity index (χ1n) is 9.75. The van der Waals surface area contributed by atoms with Crippen molar-refractivity contribution in [2.24, 2.45) is 0 Å². The lowest BCUT2D eigenvalue weighted by Crippen LogP contribution is -2.39. The summed E-state index contributed by atoms with van der Waals surface area (Å²) in [7, 11) is 1.57. The average molecular weight is 387 g/mol. The molecule has 1 aliphatic rings. The number of nitrogens with zero attached hydrogens (tertiary/aromatic N) is 3. The zero-order chi connectivity index (χ0) is 19.9. The van der Waals surface area contributed by atoms with E-state index in [1.807, 2.05) is 23.7 Å². The Morgan fingerprint density at radius 1 is 1.29 bits per heavy atom. The van der Waals surface area contributed by atoms with Gasteiger partial charge in [-0.05, 0) is 31.4 Å². The number of para-hydroxylation sites is 2. The number of piperidine rings is 1. The summed E-state index contributed by atoms with van der Waals surface area (Å²) in [5.41, 5.74) is 0.608. The van der Waals surface area contributed by atoms with E-state index in [9.17, 15) is 9.90 Å². The lowest BCUT2D eigenvalue weighted by molar-refractivity contribution is 0.0869. The maximum atomic E-state index is 12.4. The average Bonchev–Trinajstić information content (AvgIpc) is 3.16. The van der Waals surface area contributed by atoms with E-state index in [4.69, 9.17) is 4.74 Å². The summed E-state index contributed by atoms with van der Waals surface area (Å²) in [6, 6.07) is 8.96. The quantitative estimate of drug-likeness (QED) is 0.679.